The van der Waals surface area contributed by atoms with Crippen LogP contribution in [0.4, 0.5) is 0 Å². The van der Waals surface area contributed by atoms with E-state index in [1.54, 1.807) is 35.0 Å². The lowest BCUT2D eigenvalue weighted by Gasteiger charge is -2.21. The molecule has 1 heterocycles. The van der Waals surface area contributed by atoms with E-state index in [9.17, 15) is 9.59 Å². The Labute approximate surface area is 160 Å². The zero-order valence-corrected chi connectivity index (χ0v) is 16.3. The van der Waals surface area contributed by atoms with Gasteiger partial charge >= 0.3 is 0 Å². The predicted octanol–water partition coefficient (Wildman–Crippen LogP) is 3.50. The van der Waals surface area contributed by atoms with Crippen molar-refractivity contribution in [3.8, 4) is 6.07 Å². The molecular weight excluding hydrogens is 340 g/mol. The van der Waals surface area contributed by atoms with Crippen LogP contribution < -0.4 is 5.32 Å². The van der Waals surface area contributed by atoms with Gasteiger partial charge in [0, 0.05) is 12.1 Å². The lowest BCUT2D eigenvalue weighted by Crippen LogP contribution is -2.45. The Balaban J connectivity index is 2.21. The fraction of sp³-hybridized carbons (Fsp3) is 0.429. The van der Waals surface area contributed by atoms with Gasteiger partial charge in [0.2, 0.25) is 0 Å². The van der Waals surface area contributed by atoms with Gasteiger partial charge in [-0.3, -0.25) is 14.3 Å². The first-order valence-electron chi connectivity index (χ1n) is 9.27. The van der Waals surface area contributed by atoms with Crippen LogP contribution in [-0.2, 0) is 6.54 Å². The number of benzene rings is 1. The average Bonchev–Trinajstić information content (AvgIpc) is 3.04. The third-order valence-electron chi connectivity index (χ3n) is 4.39. The summed E-state index contributed by atoms with van der Waals surface area (Å²) < 4.78 is 1.71. The average molecular weight is 366 g/mol. The van der Waals surface area contributed by atoms with Gasteiger partial charge in [0.15, 0.2) is 5.78 Å². The van der Waals surface area contributed by atoms with Crippen LogP contribution >= 0.6 is 0 Å². The zero-order valence-electron chi connectivity index (χ0n) is 16.3. The van der Waals surface area contributed by atoms with Crippen LogP contribution in [0.2, 0.25) is 0 Å². The summed E-state index contributed by atoms with van der Waals surface area (Å²) >= 11 is 0. The minimum absolute atomic E-state index is 0.0785. The molecule has 0 fully saturated rings. The van der Waals surface area contributed by atoms with Gasteiger partial charge in [0.1, 0.15) is 5.69 Å². The minimum Gasteiger partial charge on any atom is -0.340 e. The summed E-state index contributed by atoms with van der Waals surface area (Å²) in [5.74, 6) is -0.545. The number of rotatable bonds is 8. The van der Waals surface area contributed by atoms with Crippen molar-refractivity contribution in [1.82, 2.24) is 15.1 Å². The van der Waals surface area contributed by atoms with Gasteiger partial charge in [0.05, 0.1) is 23.4 Å². The number of amides is 1. The van der Waals surface area contributed by atoms with Crippen LogP contribution in [0.25, 0.3) is 0 Å². The second kappa shape index (κ2) is 9.13. The Hall–Kier alpha value is -2.94. The van der Waals surface area contributed by atoms with Crippen LogP contribution in [-0.4, -0.2) is 27.5 Å². The van der Waals surface area contributed by atoms with Gasteiger partial charge < -0.3 is 5.32 Å². The molecule has 1 aromatic heterocycles. The number of nitriles is 1. The lowest BCUT2D eigenvalue weighted by atomic mass is 9.94. The van der Waals surface area contributed by atoms with Crippen LogP contribution in [0, 0.1) is 24.2 Å². The summed E-state index contributed by atoms with van der Waals surface area (Å²) in [5, 5.41) is 16.2. The highest BCUT2D eigenvalue weighted by molar-refractivity contribution is 6.04. The van der Waals surface area contributed by atoms with E-state index in [4.69, 9.17) is 5.26 Å². The lowest BCUT2D eigenvalue weighted by molar-refractivity contribution is 0.0825. The molecular formula is C21H26N4O2. The first-order valence-corrected chi connectivity index (χ1v) is 9.27. The molecule has 0 aliphatic rings. The molecule has 1 atom stereocenters. The van der Waals surface area contributed by atoms with E-state index in [0.717, 1.165) is 18.5 Å². The van der Waals surface area contributed by atoms with Crippen LogP contribution in [0.3, 0.4) is 0 Å². The number of nitrogens with one attached hydrogen (secondary N) is 1. The molecule has 1 unspecified atom stereocenters. The SMILES string of the molecule is CCCCn1nc(C)cc1C(=O)NC(C(=O)c1ccc(C#N)cc1)C(C)C. The van der Waals surface area contributed by atoms with Crippen molar-refractivity contribution >= 4 is 11.7 Å². The highest BCUT2D eigenvalue weighted by atomic mass is 16.2. The van der Waals surface area contributed by atoms with E-state index >= 15 is 0 Å². The van der Waals surface area contributed by atoms with Gasteiger partial charge in [-0.25, -0.2) is 0 Å². The Morgan fingerprint density at radius 1 is 1.26 bits per heavy atom. The summed E-state index contributed by atoms with van der Waals surface area (Å²) in [6.07, 6.45) is 1.94. The Kier molecular flexibility index (Phi) is 6.89. The van der Waals surface area contributed by atoms with Gasteiger partial charge in [-0.1, -0.05) is 39.3 Å². The molecule has 27 heavy (non-hydrogen) atoms. The molecule has 142 valence electrons. The maximum absolute atomic E-state index is 12.9. The maximum atomic E-state index is 12.9. The topological polar surface area (TPSA) is 87.8 Å². The van der Waals surface area contributed by atoms with Crippen molar-refractivity contribution in [2.24, 2.45) is 5.92 Å². The Bertz CT molecular complexity index is 844. The highest BCUT2D eigenvalue weighted by Crippen LogP contribution is 2.14. The first-order chi connectivity index (χ1) is 12.9. The number of aryl methyl sites for hydroxylation is 2. The number of hydrogen-bond acceptors (Lipinski definition) is 4. The molecule has 1 amide bonds. The fourth-order valence-corrected chi connectivity index (χ4v) is 2.85. The molecule has 2 aromatic rings. The van der Waals surface area contributed by atoms with Crippen molar-refractivity contribution in [3.63, 3.8) is 0 Å². The number of carbonyl (C=O) groups excluding carboxylic acids is 2. The molecule has 0 saturated heterocycles. The molecule has 1 N–H and O–H groups in total. The minimum atomic E-state index is -0.653. The van der Waals surface area contributed by atoms with E-state index < -0.39 is 6.04 Å². The Morgan fingerprint density at radius 3 is 2.48 bits per heavy atom. The smallest absolute Gasteiger partial charge is 0.270 e. The van der Waals surface area contributed by atoms with Gasteiger partial charge in [-0.2, -0.15) is 10.4 Å². The molecule has 0 bridgehead atoms. The van der Waals surface area contributed by atoms with Crippen molar-refractivity contribution in [1.29, 1.82) is 5.26 Å². The summed E-state index contributed by atoms with van der Waals surface area (Å²) in [5.41, 5.74) is 2.21. The quantitative estimate of drug-likeness (QED) is 0.724. The number of nitrogens with zero attached hydrogens (tertiary/aromatic N) is 3. The number of unbranched alkanes of at least 4 members (excludes halogenated alkanes) is 1. The van der Waals surface area contributed by atoms with E-state index in [1.807, 2.05) is 26.8 Å². The van der Waals surface area contributed by atoms with Crippen LogP contribution in [0.1, 0.15) is 65.7 Å². The second-order valence-electron chi connectivity index (χ2n) is 7.00. The van der Waals surface area contributed by atoms with E-state index in [1.165, 1.54) is 0 Å². The number of carbonyl (C=O) groups is 2. The first kappa shape index (κ1) is 20.4. The van der Waals surface area contributed by atoms with E-state index in [2.05, 4.69) is 17.3 Å². The summed E-state index contributed by atoms with van der Waals surface area (Å²) in [7, 11) is 0. The zero-order chi connectivity index (χ0) is 20.0. The van der Waals surface area contributed by atoms with Crippen molar-refractivity contribution in [2.75, 3.05) is 0 Å². The Morgan fingerprint density at radius 2 is 1.93 bits per heavy atom. The third-order valence-corrected chi connectivity index (χ3v) is 4.39. The molecule has 2 rings (SSSR count). The maximum Gasteiger partial charge on any atom is 0.270 e. The monoisotopic (exact) mass is 366 g/mol. The summed E-state index contributed by atoms with van der Waals surface area (Å²) in [6.45, 7) is 8.39. The van der Waals surface area contributed by atoms with Crippen molar-refractivity contribution in [3.05, 3.63) is 52.8 Å². The molecule has 1 aromatic carbocycles. The predicted molar refractivity (Wildman–Crippen MR) is 103 cm³/mol. The van der Waals surface area contributed by atoms with Crippen LogP contribution in [0.5, 0.6) is 0 Å². The fourth-order valence-electron chi connectivity index (χ4n) is 2.85. The molecule has 6 nitrogen and oxygen atoms in total. The molecule has 0 aliphatic heterocycles. The van der Waals surface area contributed by atoms with E-state index in [-0.39, 0.29) is 17.6 Å². The summed E-state index contributed by atoms with van der Waals surface area (Å²) in [4.78, 5) is 25.7. The van der Waals surface area contributed by atoms with Crippen molar-refractivity contribution < 1.29 is 9.59 Å². The van der Waals surface area contributed by atoms with Gasteiger partial charge in [0.25, 0.3) is 5.91 Å². The highest BCUT2D eigenvalue weighted by Gasteiger charge is 2.27. The normalized spacial score (nSPS) is 11.9. The second-order valence-corrected chi connectivity index (χ2v) is 7.00. The molecule has 0 saturated carbocycles. The number of Topliss-reactive ketones (excluding diaryl/α,β-unsaturated/α-hetero) is 1. The van der Waals surface area contributed by atoms with Crippen molar-refractivity contribution in [2.45, 2.75) is 53.1 Å². The standard InChI is InChI=1S/C21H26N4O2/c1-5-6-11-25-18(12-15(4)24-25)21(27)23-19(14(2)3)20(26)17-9-7-16(13-22)8-10-17/h7-10,12,14,19H,5-6,11H2,1-4H3,(H,23,27). The molecule has 0 aliphatic carbocycles. The van der Waals surface area contributed by atoms with E-state index in [0.29, 0.717) is 23.4 Å². The number of aromatic nitrogens is 2. The van der Waals surface area contributed by atoms with Gasteiger partial charge in [-0.15, -0.1) is 0 Å². The number of hydrogen-bond donors (Lipinski definition) is 1. The summed E-state index contributed by atoms with van der Waals surface area (Å²) in [6, 6.07) is 9.59. The van der Waals surface area contributed by atoms with Gasteiger partial charge in [-0.05, 0) is 37.5 Å². The number of ketones is 1. The molecule has 0 radical (unpaired) electrons. The largest absolute Gasteiger partial charge is 0.340 e. The molecule has 6 heteroatoms. The van der Waals surface area contributed by atoms with Crippen LogP contribution in [0.15, 0.2) is 30.3 Å². The molecule has 0 spiro atoms. The third kappa shape index (κ3) is 5.04.